The molecule has 4 N–H and O–H groups in total. The van der Waals surface area contributed by atoms with E-state index in [1.165, 1.54) is 18.2 Å². The van der Waals surface area contributed by atoms with E-state index < -0.39 is 5.82 Å². The van der Waals surface area contributed by atoms with Crippen LogP contribution in [-0.4, -0.2) is 5.84 Å². The fraction of sp³-hybridized carbons (Fsp3) is 0. The van der Waals surface area contributed by atoms with Crippen LogP contribution in [0.3, 0.4) is 0 Å². The average molecular weight is 280 g/mol. The van der Waals surface area contributed by atoms with Gasteiger partial charge in [-0.3, -0.25) is 0 Å². The van der Waals surface area contributed by atoms with Gasteiger partial charge in [0.1, 0.15) is 23.2 Å². The lowest BCUT2D eigenvalue weighted by Gasteiger charge is -2.07. The fourth-order valence-electron chi connectivity index (χ4n) is 1.44. The Morgan fingerprint density at radius 3 is 2.32 bits per heavy atom. The van der Waals surface area contributed by atoms with Crippen molar-refractivity contribution in [2.75, 3.05) is 0 Å². The number of hydrazone groups is 1. The van der Waals surface area contributed by atoms with Gasteiger partial charge < -0.3 is 16.3 Å². The van der Waals surface area contributed by atoms with Gasteiger partial charge in [-0.1, -0.05) is 11.6 Å². The normalized spacial score (nSPS) is 11.4. The summed E-state index contributed by atoms with van der Waals surface area (Å²) in [7, 11) is 0. The van der Waals surface area contributed by atoms with Crippen molar-refractivity contribution in [3.63, 3.8) is 0 Å². The molecular weight excluding hydrogens is 269 g/mol. The zero-order valence-electron chi connectivity index (χ0n) is 9.81. The van der Waals surface area contributed by atoms with Gasteiger partial charge in [-0.2, -0.15) is 5.10 Å². The predicted octanol–water partition coefficient (Wildman–Crippen LogP) is 2.85. The van der Waals surface area contributed by atoms with Crippen molar-refractivity contribution in [2.24, 2.45) is 16.7 Å². The van der Waals surface area contributed by atoms with Crippen LogP contribution in [0, 0.1) is 5.82 Å². The summed E-state index contributed by atoms with van der Waals surface area (Å²) < 4.78 is 18.5. The van der Waals surface area contributed by atoms with Gasteiger partial charge in [-0.15, -0.1) is 0 Å². The summed E-state index contributed by atoms with van der Waals surface area (Å²) in [5.41, 5.74) is 6.25. The van der Waals surface area contributed by atoms with Crippen molar-refractivity contribution in [1.29, 1.82) is 0 Å². The summed E-state index contributed by atoms with van der Waals surface area (Å²) in [6.07, 6.45) is 0. The lowest BCUT2D eigenvalue weighted by Crippen LogP contribution is -2.15. The molecule has 0 radical (unpaired) electrons. The highest BCUT2D eigenvalue weighted by Gasteiger charge is 2.04. The van der Waals surface area contributed by atoms with E-state index in [2.05, 4.69) is 5.10 Å². The van der Waals surface area contributed by atoms with Crippen LogP contribution in [0.2, 0.25) is 5.02 Å². The van der Waals surface area contributed by atoms with E-state index in [1.807, 2.05) is 0 Å². The van der Waals surface area contributed by atoms with E-state index in [1.54, 1.807) is 24.3 Å². The maximum absolute atomic E-state index is 13.0. The number of rotatable bonds is 3. The van der Waals surface area contributed by atoms with E-state index in [-0.39, 0.29) is 10.9 Å². The molecule has 0 heterocycles. The Hall–Kier alpha value is -2.27. The molecule has 0 saturated carbocycles. The highest BCUT2D eigenvalue weighted by atomic mass is 35.5. The van der Waals surface area contributed by atoms with E-state index >= 15 is 0 Å². The summed E-state index contributed by atoms with van der Waals surface area (Å²) >= 11 is 5.66. The summed E-state index contributed by atoms with van der Waals surface area (Å²) in [6.45, 7) is 0. The van der Waals surface area contributed by atoms with Gasteiger partial charge >= 0.3 is 0 Å². The van der Waals surface area contributed by atoms with Crippen LogP contribution < -0.4 is 16.3 Å². The predicted molar refractivity (Wildman–Crippen MR) is 72.8 cm³/mol. The van der Waals surface area contributed by atoms with Crippen LogP contribution in [0.1, 0.15) is 5.56 Å². The van der Waals surface area contributed by atoms with Crippen molar-refractivity contribution in [3.8, 4) is 11.5 Å². The summed E-state index contributed by atoms with van der Waals surface area (Å²) in [5.74, 6) is 5.83. The highest BCUT2D eigenvalue weighted by Crippen LogP contribution is 2.26. The van der Waals surface area contributed by atoms with Gasteiger partial charge in [0.25, 0.3) is 0 Å². The standard InChI is InChI=1S/C13H11ClFN3O/c14-11-7-10(5-6-12(11)15)19-9-3-1-8(2-4-9)13(16)18-17/h1-7H,17H2,(H2,16,18). The van der Waals surface area contributed by atoms with Gasteiger partial charge in [0, 0.05) is 11.6 Å². The summed E-state index contributed by atoms with van der Waals surface area (Å²) in [5, 5.41) is 3.40. The Labute approximate surface area is 114 Å². The zero-order valence-corrected chi connectivity index (χ0v) is 10.6. The van der Waals surface area contributed by atoms with Gasteiger partial charge in [-0.25, -0.2) is 4.39 Å². The minimum absolute atomic E-state index is 0.00799. The number of benzene rings is 2. The molecule has 0 unspecified atom stereocenters. The van der Waals surface area contributed by atoms with Gasteiger partial charge in [-0.05, 0) is 36.4 Å². The molecule has 0 fully saturated rings. The van der Waals surface area contributed by atoms with E-state index in [9.17, 15) is 4.39 Å². The molecule has 0 aromatic heterocycles. The minimum Gasteiger partial charge on any atom is -0.457 e. The molecule has 0 spiro atoms. The Bertz CT molecular complexity index is 614. The average Bonchev–Trinajstić information content (AvgIpc) is 2.43. The summed E-state index contributed by atoms with van der Waals surface area (Å²) in [4.78, 5) is 0. The molecule has 6 heteroatoms. The fourth-order valence-corrected chi connectivity index (χ4v) is 1.62. The number of nitrogens with zero attached hydrogens (tertiary/aromatic N) is 1. The second-order valence-corrected chi connectivity index (χ2v) is 4.12. The molecule has 0 aliphatic rings. The maximum atomic E-state index is 13.0. The monoisotopic (exact) mass is 279 g/mol. The smallest absolute Gasteiger partial charge is 0.150 e. The highest BCUT2D eigenvalue weighted by molar-refractivity contribution is 6.30. The van der Waals surface area contributed by atoms with Gasteiger partial charge in [0.2, 0.25) is 0 Å². The molecule has 2 rings (SSSR count). The maximum Gasteiger partial charge on any atom is 0.150 e. The first-order chi connectivity index (χ1) is 9.10. The van der Waals surface area contributed by atoms with E-state index in [0.717, 1.165) is 0 Å². The van der Waals surface area contributed by atoms with Crippen LogP contribution >= 0.6 is 11.6 Å². The molecule has 0 amide bonds. The lowest BCUT2D eigenvalue weighted by molar-refractivity contribution is 0.480. The SMILES string of the molecule is N/N=C(\N)c1ccc(Oc2ccc(F)c(Cl)c2)cc1. The molecule has 0 atom stereocenters. The molecule has 2 aromatic carbocycles. The van der Waals surface area contributed by atoms with E-state index in [4.69, 9.17) is 27.9 Å². The Kier molecular flexibility index (Phi) is 3.87. The minimum atomic E-state index is -0.490. The topological polar surface area (TPSA) is 73.6 Å². The van der Waals surface area contributed by atoms with Crippen molar-refractivity contribution >= 4 is 17.4 Å². The quantitative estimate of drug-likeness (QED) is 0.393. The molecule has 0 aliphatic heterocycles. The Morgan fingerprint density at radius 1 is 1.11 bits per heavy atom. The third-order valence-corrected chi connectivity index (χ3v) is 2.71. The molecule has 19 heavy (non-hydrogen) atoms. The number of nitrogens with two attached hydrogens (primary N) is 2. The molecular formula is C13H11ClFN3O. The van der Waals surface area contributed by atoms with Crippen molar-refractivity contribution in [2.45, 2.75) is 0 Å². The molecule has 2 aromatic rings. The first-order valence-corrected chi connectivity index (χ1v) is 5.74. The number of amidine groups is 1. The third kappa shape index (κ3) is 3.14. The van der Waals surface area contributed by atoms with Crippen LogP contribution in [0.4, 0.5) is 4.39 Å². The molecule has 0 saturated heterocycles. The number of halogens is 2. The summed E-state index contributed by atoms with van der Waals surface area (Å²) in [6, 6.07) is 11.0. The molecule has 0 aliphatic carbocycles. The molecule has 98 valence electrons. The molecule has 0 bridgehead atoms. The number of hydrogen-bond donors (Lipinski definition) is 2. The first kappa shape index (κ1) is 13.2. The van der Waals surface area contributed by atoms with Crippen LogP contribution in [-0.2, 0) is 0 Å². The Morgan fingerprint density at radius 2 is 1.74 bits per heavy atom. The zero-order chi connectivity index (χ0) is 13.8. The number of hydrogen-bond acceptors (Lipinski definition) is 3. The van der Waals surface area contributed by atoms with Crippen molar-refractivity contribution in [3.05, 3.63) is 58.9 Å². The van der Waals surface area contributed by atoms with Crippen LogP contribution in [0.25, 0.3) is 0 Å². The largest absolute Gasteiger partial charge is 0.457 e. The lowest BCUT2D eigenvalue weighted by atomic mass is 10.2. The second-order valence-electron chi connectivity index (χ2n) is 3.72. The second kappa shape index (κ2) is 5.58. The molecule has 4 nitrogen and oxygen atoms in total. The van der Waals surface area contributed by atoms with E-state index in [0.29, 0.717) is 17.1 Å². The third-order valence-electron chi connectivity index (χ3n) is 2.42. The first-order valence-electron chi connectivity index (χ1n) is 5.37. The Balaban J connectivity index is 2.17. The van der Waals surface area contributed by atoms with Gasteiger partial charge in [0.05, 0.1) is 5.02 Å². The number of ether oxygens (including phenoxy) is 1. The van der Waals surface area contributed by atoms with Crippen molar-refractivity contribution in [1.82, 2.24) is 0 Å². The van der Waals surface area contributed by atoms with Crippen LogP contribution in [0.15, 0.2) is 47.6 Å². The van der Waals surface area contributed by atoms with Gasteiger partial charge in [0.15, 0.2) is 0 Å². The van der Waals surface area contributed by atoms with Crippen LogP contribution in [0.5, 0.6) is 11.5 Å². The van der Waals surface area contributed by atoms with Crippen molar-refractivity contribution < 1.29 is 9.13 Å².